The molecular formula is C31H35N3OS. The van der Waals surface area contributed by atoms with E-state index < -0.39 is 0 Å². The second-order valence-corrected chi connectivity index (χ2v) is 10.5. The topological polar surface area (TPSA) is 28.6 Å². The molecule has 4 aromatic rings. The lowest BCUT2D eigenvalue weighted by atomic mass is 9.99. The Bertz CT molecular complexity index is 1260. The van der Waals surface area contributed by atoms with E-state index in [9.17, 15) is 0 Å². The summed E-state index contributed by atoms with van der Waals surface area (Å²) in [4.78, 5) is 11.0. The Kier molecular flexibility index (Phi) is 8.22. The van der Waals surface area contributed by atoms with Crippen molar-refractivity contribution in [2.75, 3.05) is 26.1 Å². The predicted molar refractivity (Wildman–Crippen MR) is 150 cm³/mol. The van der Waals surface area contributed by atoms with Crippen molar-refractivity contribution >= 4 is 22.7 Å². The third-order valence-electron chi connectivity index (χ3n) is 7.18. The molecule has 1 saturated heterocycles. The van der Waals surface area contributed by atoms with Crippen LogP contribution in [-0.4, -0.2) is 46.9 Å². The molecule has 4 nitrogen and oxygen atoms in total. The van der Waals surface area contributed by atoms with Crippen molar-refractivity contribution in [1.82, 2.24) is 14.8 Å². The highest BCUT2D eigenvalue weighted by atomic mass is 32.2. The summed E-state index contributed by atoms with van der Waals surface area (Å²) >= 11 is 1.77. The van der Waals surface area contributed by atoms with Crippen LogP contribution < -0.4 is 4.74 Å². The van der Waals surface area contributed by atoms with Gasteiger partial charge in [-0.05, 0) is 68.4 Å². The Hall–Kier alpha value is -2.86. The lowest BCUT2D eigenvalue weighted by Gasteiger charge is -2.40. The number of aryl methyl sites for hydroxylation is 1. The standard InChI is InChI=1S/C24H27N3O.C7H8S/c1-18-14-20-16-27(17-28-24(20)23-22(18)8-5-11-25-23)21-9-12-26(13-10-21)15-19-6-3-2-4-7-19;1-8-7-5-3-2-4-6-7/h2-8,11,14,21H,9-10,12-13,15-17H2,1H3;2-6H,1H3. The Labute approximate surface area is 219 Å². The Morgan fingerprint density at radius 3 is 2.36 bits per heavy atom. The second kappa shape index (κ2) is 11.9. The number of hydrogen-bond donors (Lipinski definition) is 0. The molecule has 5 heteroatoms. The number of fused-ring (bicyclic) bond motifs is 3. The van der Waals surface area contributed by atoms with Crippen molar-refractivity contribution in [3.63, 3.8) is 0 Å². The van der Waals surface area contributed by atoms with E-state index in [1.54, 1.807) is 11.8 Å². The summed E-state index contributed by atoms with van der Waals surface area (Å²) in [5.41, 5.74) is 4.98. The van der Waals surface area contributed by atoms with E-state index in [0.717, 1.165) is 37.4 Å². The average molecular weight is 498 g/mol. The number of likely N-dealkylation sites (tertiary alicyclic amines) is 1. The van der Waals surface area contributed by atoms with Crippen LogP contribution in [0.3, 0.4) is 0 Å². The smallest absolute Gasteiger partial charge is 0.152 e. The average Bonchev–Trinajstić information content (AvgIpc) is 2.95. The SMILES string of the molecule is CSc1ccccc1.Cc1cc2c(c3ncccc13)OCN(C1CCN(Cc3ccccc3)CC1)C2. The maximum Gasteiger partial charge on any atom is 0.152 e. The van der Waals surface area contributed by atoms with E-state index in [1.807, 2.05) is 30.5 Å². The van der Waals surface area contributed by atoms with Gasteiger partial charge >= 0.3 is 0 Å². The van der Waals surface area contributed by atoms with Gasteiger partial charge in [0.15, 0.2) is 5.75 Å². The molecular weight excluding hydrogens is 462 g/mol. The van der Waals surface area contributed by atoms with Crippen LogP contribution in [0.15, 0.2) is 90.0 Å². The van der Waals surface area contributed by atoms with E-state index >= 15 is 0 Å². The maximum atomic E-state index is 6.23. The van der Waals surface area contributed by atoms with Crippen molar-refractivity contribution < 1.29 is 4.74 Å². The summed E-state index contributed by atoms with van der Waals surface area (Å²) < 4.78 is 6.23. The number of aromatic nitrogens is 1. The van der Waals surface area contributed by atoms with Gasteiger partial charge in [0.25, 0.3) is 0 Å². The molecule has 3 aromatic carbocycles. The molecule has 0 radical (unpaired) electrons. The van der Waals surface area contributed by atoms with E-state index in [-0.39, 0.29) is 0 Å². The molecule has 0 unspecified atom stereocenters. The van der Waals surface area contributed by atoms with Crippen molar-refractivity contribution in [1.29, 1.82) is 0 Å². The molecule has 36 heavy (non-hydrogen) atoms. The molecule has 0 bridgehead atoms. The maximum absolute atomic E-state index is 6.23. The van der Waals surface area contributed by atoms with Gasteiger partial charge in [0.1, 0.15) is 12.2 Å². The van der Waals surface area contributed by atoms with Crippen LogP contribution in [0, 0.1) is 6.92 Å². The van der Waals surface area contributed by atoms with E-state index in [2.05, 4.69) is 82.6 Å². The van der Waals surface area contributed by atoms with Crippen LogP contribution in [0.1, 0.15) is 29.5 Å². The minimum atomic E-state index is 0.597. The largest absolute Gasteiger partial charge is 0.475 e. The van der Waals surface area contributed by atoms with Crippen LogP contribution in [-0.2, 0) is 13.1 Å². The monoisotopic (exact) mass is 497 g/mol. The van der Waals surface area contributed by atoms with Crippen LogP contribution >= 0.6 is 11.8 Å². The lowest BCUT2D eigenvalue weighted by Crippen LogP contribution is -2.47. The van der Waals surface area contributed by atoms with Crippen LogP contribution in [0.4, 0.5) is 0 Å². The number of hydrogen-bond acceptors (Lipinski definition) is 5. The summed E-state index contributed by atoms with van der Waals surface area (Å²) in [6.07, 6.45) is 6.35. The molecule has 0 aliphatic carbocycles. The summed E-state index contributed by atoms with van der Waals surface area (Å²) in [6, 6.07) is 28.1. The summed E-state index contributed by atoms with van der Waals surface area (Å²) in [5.74, 6) is 0.985. The first-order chi connectivity index (χ1) is 17.7. The highest BCUT2D eigenvalue weighted by molar-refractivity contribution is 7.98. The Balaban J connectivity index is 0.000000286. The molecule has 1 fully saturated rings. The number of benzene rings is 3. The fourth-order valence-corrected chi connectivity index (χ4v) is 5.66. The third-order valence-corrected chi connectivity index (χ3v) is 7.92. The molecule has 1 aromatic heterocycles. The van der Waals surface area contributed by atoms with Crippen molar-refractivity contribution in [3.8, 4) is 5.75 Å². The fraction of sp³-hybridized carbons (Fsp3) is 0.323. The summed E-state index contributed by atoms with van der Waals surface area (Å²) in [6.45, 7) is 7.18. The van der Waals surface area contributed by atoms with Gasteiger partial charge in [0, 0.05) is 41.2 Å². The first-order valence-corrected chi connectivity index (χ1v) is 14.0. The van der Waals surface area contributed by atoms with E-state index in [0.29, 0.717) is 12.8 Å². The highest BCUT2D eigenvalue weighted by Crippen LogP contribution is 2.35. The third kappa shape index (κ3) is 5.92. The molecule has 6 rings (SSSR count). The highest BCUT2D eigenvalue weighted by Gasteiger charge is 2.29. The second-order valence-electron chi connectivity index (χ2n) is 9.61. The summed E-state index contributed by atoms with van der Waals surface area (Å²) in [7, 11) is 0. The fourth-order valence-electron chi connectivity index (χ4n) is 5.23. The van der Waals surface area contributed by atoms with Crippen LogP contribution in [0.2, 0.25) is 0 Å². The minimum absolute atomic E-state index is 0.597. The molecule has 0 N–H and O–H groups in total. The van der Waals surface area contributed by atoms with Crippen LogP contribution in [0.5, 0.6) is 5.75 Å². The Morgan fingerprint density at radius 1 is 0.944 bits per heavy atom. The predicted octanol–water partition coefficient (Wildman–Crippen LogP) is 6.77. The van der Waals surface area contributed by atoms with Gasteiger partial charge < -0.3 is 4.74 Å². The zero-order valence-corrected chi connectivity index (χ0v) is 22.1. The van der Waals surface area contributed by atoms with Crippen molar-refractivity contribution in [3.05, 3.63) is 102 Å². The normalized spacial score (nSPS) is 16.6. The molecule has 3 heterocycles. The van der Waals surface area contributed by atoms with Gasteiger partial charge in [-0.2, -0.15) is 0 Å². The molecule has 2 aliphatic heterocycles. The van der Waals surface area contributed by atoms with Crippen molar-refractivity contribution in [2.45, 2.75) is 43.8 Å². The minimum Gasteiger partial charge on any atom is -0.475 e. The van der Waals surface area contributed by atoms with Gasteiger partial charge in [-0.15, -0.1) is 11.8 Å². The number of thioether (sulfide) groups is 1. The summed E-state index contributed by atoms with van der Waals surface area (Å²) in [5, 5.41) is 1.20. The van der Waals surface area contributed by atoms with E-state index in [4.69, 9.17) is 4.74 Å². The molecule has 0 amide bonds. The Morgan fingerprint density at radius 2 is 1.67 bits per heavy atom. The number of rotatable bonds is 4. The van der Waals surface area contributed by atoms with Gasteiger partial charge in [0.2, 0.25) is 0 Å². The number of ether oxygens (including phenoxy) is 1. The van der Waals surface area contributed by atoms with Crippen LogP contribution in [0.25, 0.3) is 10.9 Å². The van der Waals surface area contributed by atoms with Gasteiger partial charge in [0.05, 0.1) is 0 Å². The van der Waals surface area contributed by atoms with Gasteiger partial charge in [-0.25, -0.2) is 0 Å². The van der Waals surface area contributed by atoms with Crippen molar-refractivity contribution in [2.24, 2.45) is 0 Å². The molecule has 2 aliphatic rings. The molecule has 0 spiro atoms. The van der Waals surface area contributed by atoms with Gasteiger partial charge in [-0.1, -0.05) is 60.7 Å². The first kappa shape index (κ1) is 24.8. The number of piperidine rings is 1. The van der Waals surface area contributed by atoms with E-state index in [1.165, 1.54) is 39.8 Å². The lowest BCUT2D eigenvalue weighted by molar-refractivity contribution is 0.0250. The first-order valence-electron chi connectivity index (χ1n) is 12.8. The number of nitrogens with zero attached hydrogens (tertiary/aromatic N) is 3. The molecule has 186 valence electrons. The van der Waals surface area contributed by atoms with Gasteiger partial charge in [-0.3, -0.25) is 14.8 Å². The zero-order valence-electron chi connectivity index (χ0n) is 21.3. The molecule has 0 atom stereocenters. The zero-order chi connectivity index (χ0) is 24.7. The molecule has 0 saturated carbocycles. The number of pyridine rings is 1. The quantitative estimate of drug-likeness (QED) is 0.290.